The lowest BCUT2D eigenvalue weighted by molar-refractivity contribution is 0.280. The van der Waals surface area contributed by atoms with Crippen molar-refractivity contribution in [2.24, 2.45) is 4.99 Å². The van der Waals surface area contributed by atoms with Gasteiger partial charge >= 0.3 is 6.01 Å². The molecule has 1 heterocycles. The van der Waals surface area contributed by atoms with E-state index in [4.69, 9.17) is 10.5 Å². The molecule has 1 aromatic carbocycles. The van der Waals surface area contributed by atoms with Crippen LogP contribution in [0.1, 0.15) is 5.56 Å². The van der Waals surface area contributed by atoms with Gasteiger partial charge in [-0.15, -0.1) is 0 Å². The summed E-state index contributed by atoms with van der Waals surface area (Å²) in [4.78, 5) is 13.3. The fourth-order valence-corrected chi connectivity index (χ4v) is 1.50. The smallest absolute Gasteiger partial charge is 0.318 e. The summed E-state index contributed by atoms with van der Waals surface area (Å²) in [5.74, 6) is -0.675. The second-order valence-electron chi connectivity index (χ2n) is 4.57. The zero-order chi connectivity index (χ0) is 15.2. The van der Waals surface area contributed by atoms with Crippen LogP contribution in [0.2, 0.25) is 0 Å². The molecule has 0 aliphatic carbocycles. The first-order valence-electron chi connectivity index (χ1n) is 6.25. The van der Waals surface area contributed by atoms with Crippen LogP contribution in [-0.4, -0.2) is 35.3 Å². The maximum absolute atomic E-state index is 13.5. The maximum atomic E-state index is 13.5. The Kier molecular flexibility index (Phi) is 4.65. The highest BCUT2D eigenvalue weighted by Crippen LogP contribution is 2.17. The number of halogens is 1. The number of nitrogens with zero attached hydrogens (tertiary/aromatic N) is 4. The van der Waals surface area contributed by atoms with E-state index < -0.39 is 5.82 Å². The van der Waals surface area contributed by atoms with E-state index in [2.05, 4.69) is 15.0 Å². The quantitative estimate of drug-likeness (QED) is 0.517. The van der Waals surface area contributed by atoms with Crippen LogP contribution in [-0.2, 0) is 6.61 Å². The number of nitrogen functional groups attached to an aromatic ring is 1. The van der Waals surface area contributed by atoms with E-state index in [0.717, 1.165) is 11.8 Å². The first-order valence-corrected chi connectivity index (χ1v) is 6.25. The van der Waals surface area contributed by atoms with Gasteiger partial charge in [0.15, 0.2) is 11.6 Å². The SMILES string of the molecule is CN(C)C=Nc1nc(OCc2cccc(N)c2)ncc1F. The summed E-state index contributed by atoms with van der Waals surface area (Å²) in [6, 6.07) is 7.32. The van der Waals surface area contributed by atoms with Crippen LogP contribution in [0.15, 0.2) is 35.5 Å². The molecule has 21 heavy (non-hydrogen) atoms. The Hall–Kier alpha value is -2.70. The first-order chi connectivity index (χ1) is 10.0. The highest BCUT2D eigenvalue weighted by Gasteiger charge is 2.07. The molecule has 0 saturated heterocycles. The Morgan fingerprint density at radius 3 is 2.95 bits per heavy atom. The molecule has 0 amide bonds. The van der Waals surface area contributed by atoms with Crippen LogP contribution in [0, 0.1) is 5.82 Å². The van der Waals surface area contributed by atoms with E-state index in [1.165, 1.54) is 6.34 Å². The molecule has 7 heteroatoms. The zero-order valence-corrected chi connectivity index (χ0v) is 11.8. The highest BCUT2D eigenvalue weighted by atomic mass is 19.1. The minimum atomic E-state index is -0.607. The van der Waals surface area contributed by atoms with Crippen molar-refractivity contribution in [1.29, 1.82) is 0 Å². The lowest BCUT2D eigenvalue weighted by Gasteiger charge is -2.06. The standard InChI is InChI=1S/C14H16FN5O/c1-20(2)9-18-13-12(15)7-17-14(19-13)21-8-10-4-3-5-11(16)6-10/h3-7,9H,8,16H2,1-2H3. The van der Waals surface area contributed by atoms with Crippen LogP contribution >= 0.6 is 0 Å². The number of ether oxygens (including phenoxy) is 1. The topological polar surface area (TPSA) is 76.6 Å². The number of anilines is 1. The van der Waals surface area contributed by atoms with Gasteiger partial charge in [0.05, 0.1) is 12.5 Å². The van der Waals surface area contributed by atoms with Crippen molar-refractivity contribution in [1.82, 2.24) is 14.9 Å². The van der Waals surface area contributed by atoms with Gasteiger partial charge in [-0.3, -0.25) is 0 Å². The molecular formula is C14H16FN5O. The average molecular weight is 289 g/mol. The summed E-state index contributed by atoms with van der Waals surface area (Å²) in [6.45, 7) is 0.244. The molecule has 110 valence electrons. The summed E-state index contributed by atoms with van der Waals surface area (Å²) in [5, 5.41) is 0. The second kappa shape index (κ2) is 6.65. The van der Waals surface area contributed by atoms with Crippen molar-refractivity contribution >= 4 is 17.8 Å². The van der Waals surface area contributed by atoms with Crippen LogP contribution in [0.5, 0.6) is 6.01 Å². The third kappa shape index (κ3) is 4.41. The number of nitrogens with two attached hydrogens (primary N) is 1. The highest BCUT2D eigenvalue weighted by molar-refractivity contribution is 5.59. The fourth-order valence-electron chi connectivity index (χ4n) is 1.50. The molecule has 0 atom stereocenters. The molecule has 1 aromatic heterocycles. The van der Waals surface area contributed by atoms with E-state index in [0.29, 0.717) is 5.69 Å². The van der Waals surface area contributed by atoms with Gasteiger partial charge in [-0.1, -0.05) is 12.1 Å². The van der Waals surface area contributed by atoms with E-state index in [1.54, 1.807) is 31.1 Å². The van der Waals surface area contributed by atoms with Crippen LogP contribution in [0.4, 0.5) is 15.9 Å². The summed E-state index contributed by atoms with van der Waals surface area (Å²) in [5.41, 5.74) is 7.20. The lowest BCUT2D eigenvalue weighted by Crippen LogP contribution is -2.07. The lowest BCUT2D eigenvalue weighted by atomic mass is 10.2. The van der Waals surface area contributed by atoms with E-state index in [9.17, 15) is 4.39 Å². The molecule has 0 unspecified atom stereocenters. The summed E-state index contributed by atoms with van der Waals surface area (Å²) in [7, 11) is 3.56. The Morgan fingerprint density at radius 1 is 1.43 bits per heavy atom. The molecule has 0 bridgehead atoms. The third-order valence-electron chi connectivity index (χ3n) is 2.43. The molecule has 2 rings (SSSR count). The van der Waals surface area contributed by atoms with Gasteiger partial charge in [0.2, 0.25) is 0 Å². The number of aromatic nitrogens is 2. The average Bonchev–Trinajstić information content (AvgIpc) is 2.45. The van der Waals surface area contributed by atoms with Crippen LogP contribution in [0.25, 0.3) is 0 Å². The predicted molar refractivity (Wildman–Crippen MR) is 79.0 cm³/mol. The van der Waals surface area contributed by atoms with Gasteiger partial charge in [-0.2, -0.15) is 4.98 Å². The van der Waals surface area contributed by atoms with Gasteiger partial charge in [-0.05, 0) is 17.7 Å². The van der Waals surface area contributed by atoms with E-state index >= 15 is 0 Å². The maximum Gasteiger partial charge on any atom is 0.318 e. The Labute approximate surface area is 122 Å². The van der Waals surface area contributed by atoms with Gasteiger partial charge in [-0.25, -0.2) is 14.4 Å². The van der Waals surface area contributed by atoms with Crippen molar-refractivity contribution in [3.05, 3.63) is 41.8 Å². The van der Waals surface area contributed by atoms with E-state index in [1.807, 2.05) is 12.1 Å². The summed E-state index contributed by atoms with van der Waals surface area (Å²) < 4.78 is 18.9. The fraction of sp³-hybridized carbons (Fsp3) is 0.214. The molecule has 2 aromatic rings. The van der Waals surface area contributed by atoms with Crippen molar-refractivity contribution < 1.29 is 9.13 Å². The minimum absolute atomic E-state index is 0.0599. The van der Waals surface area contributed by atoms with Crippen molar-refractivity contribution in [3.8, 4) is 6.01 Å². The number of benzene rings is 1. The summed E-state index contributed by atoms with van der Waals surface area (Å²) in [6.07, 6.45) is 2.48. The number of rotatable bonds is 5. The number of aliphatic imine (C=N–C) groups is 1. The predicted octanol–water partition coefficient (Wildman–Crippen LogP) is 2.00. The first kappa shape index (κ1) is 14.7. The molecule has 0 saturated carbocycles. The van der Waals surface area contributed by atoms with Gasteiger partial charge in [0, 0.05) is 19.8 Å². The Bertz CT molecular complexity index is 645. The molecule has 0 aliphatic rings. The largest absolute Gasteiger partial charge is 0.459 e. The normalized spacial score (nSPS) is 10.8. The molecule has 6 nitrogen and oxygen atoms in total. The molecule has 0 radical (unpaired) electrons. The molecular weight excluding hydrogens is 273 g/mol. The molecule has 0 fully saturated rings. The van der Waals surface area contributed by atoms with Gasteiger partial charge in [0.1, 0.15) is 6.61 Å². The number of hydrogen-bond acceptors (Lipinski definition) is 5. The van der Waals surface area contributed by atoms with Crippen LogP contribution in [0.3, 0.4) is 0 Å². The minimum Gasteiger partial charge on any atom is -0.459 e. The molecule has 0 spiro atoms. The van der Waals surface area contributed by atoms with E-state index in [-0.39, 0.29) is 18.4 Å². The Balaban J connectivity index is 2.08. The Morgan fingerprint density at radius 2 is 2.24 bits per heavy atom. The van der Waals surface area contributed by atoms with Crippen molar-refractivity contribution in [3.63, 3.8) is 0 Å². The number of hydrogen-bond donors (Lipinski definition) is 1. The monoisotopic (exact) mass is 289 g/mol. The molecule has 2 N–H and O–H groups in total. The van der Waals surface area contributed by atoms with Gasteiger partial charge < -0.3 is 15.4 Å². The zero-order valence-electron chi connectivity index (χ0n) is 11.8. The third-order valence-corrected chi connectivity index (χ3v) is 2.43. The van der Waals surface area contributed by atoms with Crippen molar-refractivity contribution in [2.75, 3.05) is 19.8 Å². The summed E-state index contributed by atoms with van der Waals surface area (Å²) >= 11 is 0. The molecule has 0 aliphatic heterocycles. The van der Waals surface area contributed by atoms with Crippen molar-refractivity contribution in [2.45, 2.75) is 6.61 Å². The van der Waals surface area contributed by atoms with Crippen LogP contribution < -0.4 is 10.5 Å². The second-order valence-corrected chi connectivity index (χ2v) is 4.57. The van der Waals surface area contributed by atoms with Gasteiger partial charge in [0.25, 0.3) is 0 Å².